The summed E-state index contributed by atoms with van der Waals surface area (Å²) in [4.78, 5) is 19.6. The molecule has 6 heteroatoms. The predicted octanol–water partition coefficient (Wildman–Crippen LogP) is 4.22. The van der Waals surface area contributed by atoms with Crippen LogP contribution in [-0.4, -0.2) is 42.5 Å². The van der Waals surface area contributed by atoms with Crippen LogP contribution in [0, 0.1) is 6.92 Å². The minimum atomic E-state index is -0.202. The van der Waals surface area contributed by atoms with Crippen LogP contribution in [0.15, 0.2) is 59.0 Å². The normalized spacial score (nSPS) is 17.3. The molecule has 6 nitrogen and oxygen atoms in total. The number of rotatable bonds is 4. The SMILES string of the molecule is CNC(=O)c1cc([C@H]2CN(Cc3oc4ccccc4c3C)CCO2)nc2ccccc12. The Balaban J connectivity index is 1.43. The van der Waals surface area contributed by atoms with Gasteiger partial charge < -0.3 is 14.5 Å². The molecule has 0 bridgehead atoms. The van der Waals surface area contributed by atoms with Crippen molar-refractivity contribution < 1.29 is 13.9 Å². The Bertz CT molecular complexity index is 1260. The van der Waals surface area contributed by atoms with E-state index in [2.05, 4.69) is 23.2 Å². The van der Waals surface area contributed by atoms with Crippen molar-refractivity contribution in [1.29, 1.82) is 0 Å². The molecule has 1 saturated heterocycles. The number of furan rings is 1. The fraction of sp³-hybridized carbons (Fsp3) is 0.280. The molecular formula is C25H25N3O3. The minimum absolute atomic E-state index is 0.120. The second-order valence-corrected chi connectivity index (χ2v) is 7.93. The third-order valence-electron chi connectivity index (χ3n) is 6.00. The first-order chi connectivity index (χ1) is 15.1. The van der Waals surface area contributed by atoms with Crippen molar-refractivity contribution in [2.75, 3.05) is 26.7 Å². The van der Waals surface area contributed by atoms with Crippen LogP contribution in [0.5, 0.6) is 0 Å². The van der Waals surface area contributed by atoms with E-state index in [1.54, 1.807) is 7.05 Å². The number of carbonyl (C=O) groups excluding carboxylic acids is 1. The van der Waals surface area contributed by atoms with Crippen LogP contribution < -0.4 is 5.32 Å². The molecule has 1 amide bonds. The van der Waals surface area contributed by atoms with Gasteiger partial charge in [-0.15, -0.1) is 0 Å². The summed E-state index contributed by atoms with van der Waals surface area (Å²) in [6, 6.07) is 17.7. The molecule has 2 aromatic heterocycles. The number of benzene rings is 2. The lowest BCUT2D eigenvalue weighted by atomic mass is 10.0. The van der Waals surface area contributed by atoms with Crippen LogP contribution >= 0.6 is 0 Å². The maximum Gasteiger partial charge on any atom is 0.251 e. The summed E-state index contributed by atoms with van der Waals surface area (Å²) in [5, 5.41) is 4.74. The molecule has 1 aliphatic rings. The van der Waals surface area contributed by atoms with Gasteiger partial charge in [-0.1, -0.05) is 36.4 Å². The van der Waals surface area contributed by atoms with Gasteiger partial charge in [-0.25, -0.2) is 4.98 Å². The summed E-state index contributed by atoms with van der Waals surface area (Å²) >= 11 is 0. The monoisotopic (exact) mass is 415 g/mol. The van der Waals surface area contributed by atoms with Gasteiger partial charge in [0.05, 0.1) is 29.9 Å². The van der Waals surface area contributed by atoms with E-state index < -0.39 is 0 Å². The highest BCUT2D eigenvalue weighted by Gasteiger charge is 2.26. The summed E-state index contributed by atoms with van der Waals surface area (Å²) < 4.78 is 12.2. The van der Waals surface area contributed by atoms with Gasteiger partial charge in [-0.2, -0.15) is 0 Å². The quantitative estimate of drug-likeness (QED) is 0.540. The molecule has 1 fully saturated rings. The van der Waals surface area contributed by atoms with Crippen LogP contribution in [0.3, 0.4) is 0 Å². The van der Waals surface area contributed by atoms with Gasteiger partial charge in [0, 0.05) is 30.9 Å². The highest BCUT2D eigenvalue weighted by atomic mass is 16.5. The zero-order valence-electron chi connectivity index (χ0n) is 17.7. The van der Waals surface area contributed by atoms with Crippen molar-refractivity contribution in [1.82, 2.24) is 15.2 Å². The summed E-state index contributed by atoms with van der Waals surface area (Å²) in [6.07, 6.45) is -0.202. The van der Waals surface area contributed by atoms with Gasteiger partial charge in [-0.3, -0.25) is 9.69 Å². The summed E-state index contributed by atoms with van der Waals surface area (Å²) in [5.74, 6) is 0.866. The molecule has 3 heterocycles. The number of morpholine rings is 1. The van der Waals surface area contributed by atoms with Crippen molar-refractivity contribution in [3.63, 3.8) is 0 Å². The minimum Gasteiger partial charge on any atom is -0.459 e. The van der Waals surface area contributed by atoms with E-state index in [1.807, 2.05) is 48.5 Å². The van der Waals surface area contributed by atoms with Gasteiger partial charge in [0.1, 0.15) is 17.4 Å². The third-order valence-corrected chi connectivity index (χ3v) is 6.00. The van der Waals surface area contributed by atoms with Gasteiger partial charge in [0.15, 0.2) is 0 Å². The molecule has 2 aromatic carbocycles. The van der Waals surface area contributed by atoms with Crippen molar-refractivity contribution in [3.05, 3.63) is 77.2 Å². The van der Waals surface area contributed by atoms with Crippen LogP contribution in [0.4, 0.5) is 0 Å². The Morgan fingerprint density at radius 3 is 2.74 bits per heavy atom. The Labute approximate surface area is 180 Å². The van der Waals surface area contributed by atoms with E-state index in [-0.39, 0.29) is 12.0 Å². The summed E-state index contributed by atoms with van der Waals surface area (Å²) in [5.41, 5.74) is 4.31. The Kier molecular flexibility index (Phi) is 5.18. The standard InChI is InChI=1S/C25H25N3O3/c1-16-17-7-4-6-10-22(17)31-23(16)14-28-11-12-30-24(15-28)21-13-19(25(29)26-2)18-8-3-5-9-20(18)27-21/h3-10,13,24H,11-12,14-15H2,1-2H3,(H,26,29)/t24-/m1/s1. The van der Waals surface area contributed by atoms with E-state index in [0.717, 1.165) is 46.4 Å². The number of pyridine rings is 1. The molecule has 158 valence electrons. The van der Waals surface area contributed by atoms with E-state index >= 15 is 0 Å². The first kappa shape index (κ1) is 19.7. The second kappa shape index (κ2) is 8.13. The lowest BCUT2D eigenvalue weighted by Crippen LogP contribution is -2.38. The van der Waals surface area contributed by atoms with Gasteiger partial charge in [-0.05, 0) is 30.7 Å². The number of nitrogens with one attached hydrogen (secondary N) is 1. The van der Waals surface area contributed by atoms with E-state index in [0.29, 0.717) is 18.7 Å². The zero-order valence-corrected chi connectivity index (χ0v) is 17.7. The fourth-order valence-electron chi connectivity index (χ4n) is 4.29. The predicted molar refractivity (Wildman–Crippen MR) is 120 cm³/mol. The first-order valence-electron chi connectivity index (χ1n) is 10.6. The summed E-state index contributed by atoms with van der Waals surface area (Å²) in [6.45, 7) is 4.95. The number of hydrogen-bond donors (Lipinski definition) is 1. The van der Waals surface area contributed by atoms with E-state index in [4.69, 9.17) is 14.1 Å². The number of aryl methyl sites for hydroxylation is 1. The largest absolute Gasteiger partial charge is 0.459 e. The molecule has 0 saturated carbocycles. The van der Waals surface area contributed by atoms with Crippen molar-refractivity contribution in [2.24, 2.45) is 0 Å². The molecule has 5 rings (SSSR count). The number of ether oxygens (including phenoxy) is 1. The van der Waals surface area contributed by atoms with Crippen molar-refractivity contribution in [2.45, 2.75) is 19.6 Å². The average Bonchev–Trinajstić information content (AvgIpc) is 3.13. The molecule has 31 heavy (non-hydrogen) atoms. The molecule has 4 aromatic rings. The smallest absolute Gasteiger partial charge is 0.251 e. The second-order valence-electron chi connectivity index (χ2n) is 7.93. The highest BCUT2D eigenvalue weighted by molar-refractivity contribution is 6.06. The topological polar surface area (TPSA) is 67.6 Å². The Hall–Kier alpha value is -3.22. The third kappa shape index (κ3) is 3.69. The van der Waals surface area contributed by atoms with Crippen LogP contribution in [0.1, 0.15) is 33.5 Å². The van der Waals surface area contributed by atoms with E-state index in [1.165, 1.54) is 5.56 Å². The van der Waals surface area contributed by atoms with E-state index in [9.17, 15) is 4.79 Å². The average molecular weight is 415 g/mol. The summed E-state index contributed by atoms with van der Waals surface area (Å²) in [7, 11) is 1.64. The molecule has 0 unspecified atom stereocenters. The Morgan fingerprint density at radius 1 is 1.16 bits per heavy atom. The molecule has 1 aliphatic heterocycles. The van der Waals surface area contributed by atoms with Gasteiger partial charge >= 0.3 is 0 Å². The number of para-hydroxylation sites is 2. The molecule has 1 N–H and O–H groups in total. The zero-order chi connectivity index (χ0) is 21.4. The van der Waals surface area contributed by atoms with Crippen LogP contribution in [-0.2, 0) is 11.3 Å². The van der Waals surface area contributed by atoms with Gasteiger partial charge in [0.2, 0.25) is 0 Å². The number of hydrogen-bond acceptors (Lipinski definition) is 5. The molecule has 0 aliphatic carbocycles. The molecule has 0 spiro atoms. The number of fused-ring (bicyclic) bond motifs is 2. The van der Waals surface area contributed by atoms with Crippen molar-refractivity contribution >= 4 is 27.8 Å². The number of carbonyl (C=O) groups is 1. The fourth-order valence-corrected chi connectivity index (χ4v) is 4.29. The highest BCUT2D eigenvalue weighted by Crippen LogP contribution is 2.29. The molecule has 1 atom stereocenters. The van der Waals surface area contributed by atoms with Crippen LogP contribution in [0.2, 0.25) is 0 Å². The number of amides is 1. The number of aromatic nitrogens is 1. The maximum absolute atomic E-state index is 12.5. The number of nitrogens with zero attached hydrogens (tertiary/aromatic N) is 2. The molecular weight excluding hydrogens is 390 g/mol. The van der Waals surface area contributed by atoms with Crippen LogP contribution in [0.25, 0.3) is 21.9 Å². The maximum atomic E-state index is 12.5. The first-order valence-corrected chi connectivity index (χ1v) is 10.6. The lowest BCUT2D eigenvalue weighted by molar-refractivity contribution is -0.0365. The van der Waals surface area contributed by atoms with Gasteiger partial charge in [0.25, 0.3) is 5.91 Å². The lowest BCUT2D eigenvalue weighted by Gasteiger charge is -2.32. The molecule has 0 radical (unpaired) electrons. The van der Waals surface area contributed by atoms with Crippen molar-refractivity contribution in [3.8, 4) is 0 Å². The Morgan fingerprint density at radius 2 is 1.94 bits per heavy atom.